The van der Waals surface area contributed by atoms with Crippen LogP contribution in [0.1, 0.15) is 32.1 Å². The summed E-state index contributed by atoms with van der Waals surface area (Å²) in [6.45, 7) is 3.66. The Kier molecular flexibility index (Phi) is 6.94. The number of ether oxygens (including phenoxy) is 2. The van der Waals surface area contributed by atoms with Crippen molar-refractivity contribution in [3.05, 3.63) is 48.8 Å². The Labute approximate surface area is 200 Å². The van der Waals surface area contributed by atoms with E-state index in [1.54, 1.807) is 6.20 Å². The van der Waals surface area contributed by atoms with Gasteiger partial charge in [-0.2, -0.15) is 0 Å². The first-order valence-corrected chi connectivity index (χ1v) is 12.3. The molecule has 3 aliphatic rings. The highest BCUT2D eigenvalue weighted by Gasteiger charge is 2.31. The number of likely N-dealkylation sites (tertiary alicyclic amines) is 1. The normalized spacial score (nSPS) is 23.2. The van der Waals surface area contributed by atoms with Gasteiger partial charge in [0.15, 0.2) is 0 Å². The molecule has 0 spiro atoms. The van der Waals surface area contributed by atoms with Gasteiger partial charge in [0.05, 0.1) is 17.8 Å². The maximum Gasteiger partial charge on any atom is 0.251 e. The Hall–Kier alpha value is -3.13. The summed E-state index contributed by atoms with van der Waals surface area (Å²) in [5.74, 6) is 0.911. The highest BCUT2D eigenvalue weighted by molar-refractivity contribution is 5.93. The molecule has 0 saturated carbocycles. The van der Waals surface area contributed by atoms with Crippen molar-refractivity contribution in [2.24, 2.45) is 5.92 Å². The van der Waals surface area contributed by atoms with Crippen molar-refractivity contribution in [3.8, 4) is 5.75 Å². The average molecular weight is 465 g/mol. The topological polar surface area (TPSA) is 84.0 Å². The van der Waals surface area contributed by atoms with Gasteiger partial charge in [0.1, 0.15) is 18.0 Å². The van der Waals surface area contributed by atoms with Gasteiger partial charge in [0, 0.05) is 57.5 Å². The molecule has 3 aliphatic heterocycles. The smallest absolute Gasteiger partial charge is 0.251 e. The number of hydrogen-bond acceptors (Lipinski definition) is 6. The van der Waals surface area contributed by atoms with E-state index in [0.29, 0.717) is 26.2 Å². The van der Waals surface area contributed by atoms with Crippen molar-refractivity contribution in [1.82, 2.24) is 9.88 Å². The molecule has 1 N–H and O–H groups in total. The number of amides is 2. The molecule has 4 heterocycles. The van der Waals surface area contributed by atoms with E-state index in [0.717, 1.165) is 55.8 Å². The summed E-state index contributed by atoms with van der Waals surface area (Å²) < 4.78 is 11.7. The molecular weight excluding hydrogens is 432 g/mol. The fourth-order valence-electron chi connectivity index (χ4n) is 4.97. The molecule has 2 aromatic rings. The quantitative estimate of drug-likeness (QED) is 0.707. The summed E-state index contributed by atoms with van der Waals surface area (Å²) in [6.07, 6.45) is 7.69. The van der Waals surface area contributed by atoms with Gasteiger partial charge in [-0.15, -0.1) is 0 Å². The Bertz CT molecular complexity index is 970. The standard InChI is InChI=1S/C26H32N4O4/c31-25(19-9-13-30(18-19)21-3-1-12-27-17-21)28-20-5-7-22(8-6-20)34-23-10-14-29(15-11-23)26(32)24-4-2-16-33-24/h1,3,5-8,12,17,19,23-24H,2,4,9-11,13-16,18H2,(H,28,31)/t19?,24-/m1/s1. The molecule has 0 bridgehead atoms. The van der Waals surface area contributed by atoms with Crippen LogP contribution in [-0.2, 0) is 14.3 Å². The number of anilines is 2. The van der Waals surface area contributed by atoms with Gasteiger partial charge in [0.2, 0.25) is 5.91 Å². The third kappa shape index (κ3) is 5.33. The zero-order valence-electron chi connectivity index (χ0n) is 19.4. The van der Waals surface area contributed by atoms with E-state index in [1.807, 2.05) is 47.5 Å². The number of carbonyl (C=O) groups excluding carboxylic acids is 2. The summed E-state index contributed by atoms with van der Waals surface area (Å²) >= 11 is 0. The molecule has 8 nitrogen and oxygen atoms in total. The molecular formula is C26H32N4O4. The Balaban J connectivity index is 1.07. The van der Waals surface area contributed by atoms with Crippen LogP contribution < -0.4 is 15.0 Å². The Morgan fingerprint density at radius 2 is 1.85 bits per heavy atom. The van der Waals surface area contributed by atoms with Crippen molar-refractivity contribution >= 4 is 23.2 Å². The second kappa shape index (κ2) is 10.4. The minimum absolute atomic E-state index is 0.0429. The molecule has 0 aliphatic carbocycles. The van der Waals surface area contributed by atoms with E-state index in [1.165, 1.54) is 0 Å². The van der Waals surface area contributed by atoms with Crippen molar-refractivity contribution in [3.63, 3.8) is 0 Å². The molecule has 34 heavy (non-hydrogen) atoms. The van der Waals surface area contributed by atoms with Crippen LogP contribution in [-0.4, -0.2) is 66.7 Å². The lowest BCUT2D eigenvalue weighted by molar-refractivity contribution is -0.142. The minimum Gasteiger partial charge on any atom is -0.490 e. The van der Waals surface area contributed by atoms with E-state index < -0.39 is 0 Å². The van der Waals surface area contributed by atoms with Gasteiger partial charge in [-0.1, -0.05) is 0 Å². The fraction of sp³-hybridized carbons (Fsp3) is 0.500. The number of aromatic nitrogens is 1. The van der Waals surface area contributed by atoms with Crippen LogP contribution in [0.2, 0.25) is 0 Å². The number of nitrogens with zero attached hydrogens (tertiary/aromatic N) is 3. The van der Waals surface area contributed by atoms with Crippen molar-refractivity contribution < 1.29 is 19.1 Å². The van der Waals surface area contributed by atoms with Crippen LogP contribution >= 0.6 is 0 Å². The van der Waals surface area contributed by atoms with Gasteiger partial charge in [-0.3, -0.25) is 14.6 Å². The molecule has 2 amide bonds. The maximum atomic E-state index is 12.7. The summed E-state index contributed by atoms with van der Waals surface area (Å²) in [6, 6.07) is 11.5. The highest BCUT2D eigenvalue weighted by atomic mass is 16.5. The first kappa shape index (κ1) is 22.7. The number of benzene rings is 1. The molecule has 3 saturated heterocycles. The van der Waals surface area contributed by atoms with Gasteiger partial charge in [-0.05, 0) is 55.7 Å². The number of piperidine rings is 1. The van der Waals surface area contributed by atoms with Gasteiger partial charge < -0.3 is 24.6 Å². The zero-order valence-corrected chi connectivity index (χ0v) is 19.4. The molecule has 3 fully saturated rings. The second-order valence-corrected chi connectivity index (χ2v) is 9.30. The van der Waals surface area contributed by atoms with Gasteiger partial charge in [-0.25, -0.2) is 0 Å². The Morgan fingerprint density at radius 1 is 1.03 bits per heavy atom. The van der Waals surface area contributed by atoms with E-state index in [9.17, 15) is 9.59 Å². The highest BCUT2D eigenvalue weighted by Crippen LogP contribution is 2.26. The number of pyridine rings is 1. The first-order valence-electron chi connectivity index (χ1n) is 12.3. The minimum atomic E-state index is -0.247. The van der Waals surface area contributed by atoms with Crippen molar-refractivity contribution in [2.45, 2.75) is 44.3 Å². The monoisotopic (exact) mass is 464 g/mol. The van der Waals surface area contributed by atoms with Crippen LogP contribution in [0.5, 0.6) is 5.75 Å². The number of nitrogens with one attached hydrogen (secondary N) is 1. The Morgan fingerprint density at radius 3 is 2.56 bits per heavy atom. The predicted octanol–water partition coefficient (Wildman–Crippen LogP) is 3.10. The molecule has 180 valence electrons. The van der Waals surface area contributed by atoms with Crippen LogP contribution in [0.25, 0.3) is 0 Å². The molecule has 1 aromatic heterocycles. The summed E-state index contributed by atoms with van der Waals surface area (Å²) in [5, 5.41) is 3.04. The van der Waals surface area contributed by atoms with E-state index in [4.69, 9.17) is 9.47 Å². The first-order chi connectivity index (χ1) is 16.7. The lowest BCUT2D eigenvalue weighted by Crippen LogP contribution is -2.45. The molecule has 2 atom stereocenters. The third-order valence-corrected chi connectivity index (χ3v) is 6.95. The van der Waals surface area contributed by atoms with E-state index >= 15 is 0 Å². The van der Waals surface area contributed by atoms with Gasteiger partial charge in [0.25, 0.3) is 5.91 Å². The number of rotatable bonds is 6. The molecule has 1 unspecified atom stereocenters. The lowest BCUT2D eigenvalue weighted by Gasteiger charge is -2.33. The van der Waals surface area contributed by atoms with E-state index in [2.05, 4.69) is 15.2 Å². The summed E-state index contributed by atoms with van der Waals surface area (Å²) in [7, 11) is 0. The van der Waals surface area contributed by atoms with Crippen LogP contribution in [0, 0.1) is 5.92 Å². The number of hydrogen-bond donors (Lipinski definition) is 1. The summed E-state index contributed by atoms with van der Waals surface area (Å²) in [4.78, 5) is 33.5. The zero-order chi connectivity index (χ0) is 23.3. The molecule has 8 heteroatoms. The van der Waals surface area contributed by atoms with Gasteiger partial charge >= 0.3 is 0 Å². The lowest BCUT2D eigenvalue weighted by atomic mass is 10.1. The SMILES string of the molecule is O=C(Nc1ccc(OC2CCN(C(=O)[C@H]3CCCO3)CC2)cc1)C1CCN(c2cccnc2)C1. The van der Waals surface area contributed by atoms with Crippen LogP contribution in [0.15, 0.2) is 48.8 Å². The van der Waals surface area contributed by atoms with Crippen molar-refractivity contribution in [1.29, 1.82) is 0 Å². The van der Waals surface area contributed by atoms with E-state index in [-0.39, 0.29) is 29.9 Å². The maximum absolute atomic E-state index is 12.7. The number of carbonyl (C=O) groups is 2. The predicted molar refractivity (Wildman–Crippen MR) is 129 cm³/mol. The molecule has 5 rings (SSSR count). The average Bonchev–Trinajstić information content (AvgIpc) is 3.59. The fourth-order valence-corrected chi connectivity index (χ4v) is 4.97. The van der Waals surface area contributed by atoms with Crippen LogP contribution in [0.4, 0.5) is 11.4 Å². The van der Waals surface area contributed by atoms with Crippen LogP contribution in [0.3, 0.4) is 0 Å². The third-order valence-electron chi connectivity index (χ3n) is 6.95. The molecule has 0 radical (unpaired) electrons. The summed E-state index contributed by atoms with van der Waals surface area (Å²) in [5.41, 5.74) is 1.83. The second-order valence-electron chi connectivity index (χ2n) is 9.30. The molecule has 1 aromatic carbocycles. The van der Waals surface area contributed by atoms with Crippen molar-refractivity contribution in [2.75, 3.05) is 43.0 Å². The largest absolute Gasteiger partial charge is 0.490 e.